The fourth-order valence-corrected chi connectivity index (χ4v) is 3.29. The number of anilines is 1. The zero-order valence-electron chi connectivity index (χ0n) is 16.2. The number of amides is 2. The fourth-order valence-electron chi connectivity index (χ4n) is 3.29. The van der Waals surface area contributed by atoms with E-state index in [0.717, 1.165) is 19.5 Å². The Bertz CT molecular complexity index is 797. The Hall–Kier alpha value is -2.70. The number of rotatable bonds is 5. The van der Waals surface area contributed by atoms with Crippen LogP contribution in [0.3, 0.4) is 0 Å². The van der Waals surface area contributed by atoms with E-state index in [-0.39, 0.29) is 11.8 Å². The molecule has 7 heteroatoms. The lowest BCUT2D eigenvalue weighted by Crippen LogP contribution is -2.39. The first kappa shape index (κ1) is 19.1. The quantitative estimate of drug-likeness (QED) is 0.878. The Morgan fingerprint density at radius 1 is 1.30 bits per heavy atom. The van der Waals surface area contributed by atoms with Crippen LogP contribution in [-0.4, -0.2) is 44.3 Å². The van der Waals surface area contributed by atoms with Crippen molar-refractivity contribution < 1.29 is 9.59 Å². The first-order valence-corrected chi connectivity index (χ1v) is 9.52. The van der Waals surface area contributed by atoms with Gasteiger partial charge in [0.2, 0.25) is 5.91 Å². The molecule has 0 aliphatic carbocycles. The Labute approximate surface area is 159 Å². The van der Waals surface area contributed by atoms with E-state index in [4.69, 9.17) is 0 Å². The van der Waals surface area contributed by atoms with Crippen molar-refractivity contribution >= 4 is 17.5 Å². The van der Waals surface area contributed by atoms with Gasteiger partial charge < -0.3 is 10.2 Å². The maximum absolute atomic E-state index is 12.6. The molecule has 0 saturated carbocycles. The van der Waals surface area contributed by atoms with Gasteiger partial charge in [0.25, 0.3) is 5.91 Å². The minimum absolute atomic E-state index is 0.0224. The minimum atomic E-state index is -0.0298. The number of nitrogens with one attached hydrogen (secondary N) is 1. The molecule has 1 fully saturated rings. The second-order valence-corrected chi connectivity index (χ2v) is 7.72. The van der Waals surface area contributed by atoms with Crippen LogP contribution in [0.5, 0.6) is 0 Å². The molecule has 0 unspecified atom stereocenters. The van der Waals surface area contributed by atoms with Gasteiger partial charge in [-0.05, 0) is 36.8 Å². The van der Waals surface area contributed by atoms with E-state index >= 15 is 0 Å². The Kier molecular flexibility index (Phi) is 5.88. The summed E-state index contributed by atoms with van der Waals surface area (Å²) in [4.78, 5) is 35.0. The molecule has 1 aliphatic heterocycles. The Balaban J connectivity index is 1.65. The number of imidazole rings is 1. The lowest BCUT2D eigenvalue weighted by Gasteiger charge is -2.30. The monoisotopic (exact) mass is 369 g/mol. The summed E-state index contributed by atoms with van der Waals surface area (Å²) in [6.45, 7) is 7.75. The predicted molar refractivity (Wildman–Crippen MR) is 104 cm³/mol. The first-order valence-electron chi connectivity index (χ1n) is 9.52. The smallest absolute Gasteiger partial charge is 0.274 e. The van der Waals surface area contributed by atoms with Gasteiger partial charge in [-0.15, -0.1) is 0 Å². The number of carbonyl (C=O) groups is 2. The molecule has 1 saturated heterocycles. The molecule has 2 aromatic heterocycles. The highest BCUT2D eigenvalue weighted by Gasteiger charge is 2.23. The summed E-state index contributed by atoms with van der Waals surface area (Å²) in [6.07, 6.45) is 7.60. The highest BCUT2D eigenvalue weighted by molar-refractivity contribution is 5.92. The van der Waals surface area contributed by atoms with Crippen LogP contribution < -0.4 is 5.32 Å². The van der Waals surface area contributed by atoms with E-state index in [0.29, 0.717) is 35.5 Å². The average Bonchev–Trinajstić information content (AvgIpc) is 3.11. The highest BCUT2D eigenvalue weighted by Crippen LogP contribution is 2.18. The molecule has 0 spiro atoms. The maximum Gasteiger partial charge on any atom is 0.274 e. The van der Waals surface area contributed by atoms with Crippen molar-refractivity contribution in [3.05, 3.63) is 36.5 Å². The van der Waals surface area contributed by atoms with Gasteiger partial charge in [-0.25, -0.2) is 9.97 Å². The van der Waals surface area contributed by atoms with Crippen molar-refractivity contribution in [2.24, 2.45) is 11.8 Å². The second kappa shape index (κ2) is 8.33. The molecular weight excluding hydrogens is 342 g/mol. The van der Waals surface area contributed by atoms with Crippen LogP contribution in [-0.2, 0) is 4.79 Å². The predicted octanol–water partition coefficient (Wildman–Crippen LogP) is 3.12. The van der Waals surface area contributed by atoms with Gasteiger partial charge in [0.15, 0.2) is 0 Å². The molecule has 1 atom stereocenters. The normalized spacial score (nSPS) is 17.2. The van der Waals surface area contributed by atoms with Crippen molar-refractivity contribution in [1.82, 2.24) is 19.4 Å². The van der Waals surface area contributed by atoms with Crippen LogP contribution in [0.25, 0.3) is 5.82 Å². The number of hydrogen-bond donors (Lipinski definition) is 1. The number of pyridine rings is 1. The third-order valence-corrected chi connectivity index (χ3v) is 4.64. The van der Waals surface area contributed by atoms with Gasteiger partial charge in [-0.2, -0.15) is 0 Å². The molecular formula is C20H27N5O2. The molecule has 0 aromatic carbocycles. The van der Waals surface area contributed by atoms with Crippen LogP contribution >= 0.6 is 0 Å². The number of piperidine rings is 1. The zero-order chi connectivity index (χ0) is 19.4. The summed E-state index contributed by atoms with van der Waals surface area (Å²) in [5.41, 5.74) is 1.09. The molecule has 27 heavy (non-hydrogen) atoms. The van der Waals surface area contributed by atoms with E-state index < -0.39 is 0 Å². The van der Waals surface area contributed by atoms with Crippen LogP contribution in [0.4, 0.5) is 5.69 Å². The summed E-state index contributed by atoms with van der Waals surface area (Å²) < 4.78 is 1.72. The van der Waals surface area contributed by atoms with Crippen molar-refractivity contribution in [1.29, 1.82) is 0 Å². The van der Waals surface area contributed by atoms with Crippen molar-refractivity contribution in [2.75, 3.05) is 18.4 Å². The van der Waals surface area contributed by atoms with Crippen molar-refractivity contribution in [2.45, 2.75) is 40.0 Å². The van der Waals surface area contributed by atoms with E-state index in [9.17, 15) is 9.59 Å². The third-order valence-electron chi connectivity index (χ3n) is 4.64. The van der Waals surface area contributed by atoms with Crippen LogP contribution in [0.15, 0.2) is 30.9 Å². The Morgan fingerprint density at radius 3 is 2.78 bits per heavy atom. The van der Waals surface area contributed by atoms with Gasteiger partial charge in [0, 0.05) is 25.7 Å². The summed E-state index contributed by atoms with van der Waals surface area (Å²) in [5, 5.41) is 2.84. The molecule has 7 nitrogen and oxygen atoms in total. The molecule has 1 N–H and O–H groups in total. The number of nitrogens with zero attached hydrogens (tertiary/aromatic N) is 4. The van der Waals surface area contributed by atoms with E-state index in [1.807, 2.05) is 18.7 Å². The van der Waals surface area contributed by atoms with E-state index in [1.165, 1.54) is 6.42 Å². The molecule has 3 rings (SSSR count). The lowest BCUT2D eigenvalue weighted by atomic mass is 10.0. The number of aromatic nitrogens is 3. The standard InChI is InChI=1S/C20H27N5O2/c1-14(2)9-19(26)23-16-6-7-18(21-10-16)25-12-17(22-13-25)20(27)24-8-4-5-15(3)11-24/h6-7,10,12-15H,4-5,8-9,11H2,1-3H3,(H,23,26)/t15-/m0/s1. The summed E-state index contributed by atoms with van der Waals surface area (Å²) >= 11 is 0. The molecule has 3 heterocycles. The fraction of sp³-hybridized carbons (Fsp3) is 0.500. The number of likely N-dealkylation sites (tertiary alicyclic amines) is 1. The molecule has 1 aliphatic rings. The molecule has 144 valence electrons. The van der Waals surface area contributed by atoms with Gasteiger partial charge in [-0.3, -0.25) is 14.2 Å². The second-order valence-electron chi connectivity index (χ2n) is 7.72. The van der Waals surface area contributed by atoms with Gasteiger partial charge in [0.1, 0.15) is 17.8 Å². The number of carbonyl (C=O) groups excluding carboxylic acids is 2. The largest absolute Gasteiger partial charge is 0.337 e. The van der Waals surface area contributed by atoms with Crippen LogP contribution in [0, 0.1) is 11.8 Å². The van der Waals surface area contributed by atoms with Crippen molar-refractivity contribution in [3.63, 3.8) is 0 Å². The first-order chi connectivity index (χ1) is 12.9. The van der Waals surface area contributed by atoms with Crippen LogP contribution in [0.2, 0.25) is 0 Å². The lowest BCUT2D eigenvalue weighted by molar-refractivity contribution is -0.116. The molecule has 0 radical (unpaired) electrons. The topological polar surface area (TPSA) is 80.1 Å². The van der Waals surface area contributed by atoms with Crippen LogP contribution in [0.1, 0.15) is 50.5 Å². The average molecular weight is 369 g/mol. The van der Waals surface area contributed by atoms with Gasteiger partial charge in [0.05, 0.1) is 11.9 Å². The van der Waals surface area contributed by atoms with Gasteiger partial charge in [-0.1, -0.05) is 20.8 Å². The van der Waals surface area contributed by atoms with Crippen molar-refractivity contribution in [3.8, 4) is 5.82 Å². The molecule has 0 bridgehead atoms. The Morgan fingerprint density at radius 2 is 2.11 bits per heavy atom. The SMILES string of the molecule is CC(C)CC(=O)Nc1ccc(-n2cnc(C(=O)N3CCC[C@H](C)C3)c2)nc1. The summed E-state index contributed by atoms with van der Waals surface area (Å²) in [7, 11) is 0. The summed E-state index contributed by atoms with van der Waals surface area (Å²) in [5.74, 6) is 1.44. The highest BCUT2D eigenvalue weighted by atomic mass is 16.2. The maximum atomic E-state index is 12.6. The van der Waals surface area contributed by atoms with E-state index in [2.05, 4.69) is 22.2 Å². The molecule has 2 amide bonds. The minimum Gasteiger partial charge on any atom is -0.337 e. The van der Waals surface area contributed by atoms with E-state index in [1.54, 1.807) is 35.4 Å². The summed E-state index contributed by atoms with van der Waals surface area (Å²) in [6, 6.07) is 3.60. The molecule has 2 aromatic rings. The van der Waals surface area contributed by atoms with Gasteiger partial charge >= 0.3 is 0 Å². The zero-order valence-corrected chi connectivity index (χ0v) is 16.2. The number of hydrogen-bond acceptors (Lipinski definition) is 4. The third kappa shape index (κ3) is 4.93.